The molecule has 0 saturated heterocycles. The second kappa shape index (κ2) is 28.5. The van der Waals surface area contributed by atoms with Crippen molar-refractivity contribution in [2.24, 2.45) is 29.4 Å². The molecule has 5 N–H and O–H groups in total. The molecule has 516 valence electrons. The average molecular weight is 1370 g/mol. The summed E-state index contributed by atoms with van der Waals surface area (Å²) in [5.41, 5.74) is 7.38. The molecule has 0 radical (unpaired) electrons. The highest BCUT2D eigenvalue weighted by molar-refractivity contribution is 5.93. The molecular weight excluding hydrogens is 1300 g/mol. The first-order chi connectivity index (χ1) is 47.3. The van der Waals surface area contributed by atoms with E-state index in [0.717, 1.165) is 12.5 Å². The molecule has 99 heavy (non-hydrogen) atoms. The van der Waals surface area contributed by atoms with Gasteiger partial charge in [0.2, 0.25) is 70.7 Å². The molecule has 4 atom stereocenters. The third kappa shape index (κ3) is 15.5. The Morgan fingerprint density at radius 1 is 0.343 bits per heavy atom. The minimum absolute atomic E-state index is 0.00164. The molecule has 12 aromatic heterocycles. The average Bonchev–Trinajstić information content (AvgIpc) is 1.69. The summed E-state index contributed by atoms with van der Waals surface area (Å²) in [5, 5.41) is 8.52. The fraction of sp³-hybridized carbons (Fsp3) is 0.349. The predicted molar refractivity (Wildman–Crippen MR) is 331 cm³/mol. The van der Waals surface area contributed by atoms with E-state index in [1.54, 1.807) is 20.8 Å². The van der Waals surface area contributed by atoms with Crippen LogP contribution in [0.3, 0.4) is 0 Å². The lowest BCUT2D eigenvalue weighted by Gasteiger charge is -2.24. The van der Waals surface area contributed by atoms with Gasteiger partial charge < -0.3 is 88.9 Å². The van der Waals surface area contributed by atoms with E-state index < -0.39 is 53.6 Å². The number of nitrogens with one attached hydrogen (secondary N) is 3. The molecule has 12 rings (SSSR count). The Morgan fingerprint density at radius 2 is 0.596 bits per heavy atom. The summed E-state index contributed by atoms with van der Waals surface area (Å²) in [4.78, 5) is 114. The molecule has 12 heterocycles. The summed E-state index contributed by atoms with van der Waals surface area (Å²) in [7, 11) is 2.46. The Bertz CT molecular complexity index is 4770. The van der Waals surface area contributed by atoms with Gasteiger partial charge in [-0.25, -0.2) is 74.2 Å². The molecule has 36 nitrogen and oxygen atoms in total. The third-order valence-corrected chi connectivity index (χ3v) is 14.2. The number of aromatic nitrogens is 12. The fourth-order valence-electron chi connectivity index (χ4n) is 8.94. The predicted octanol–water partition coefficient (Wildman–Crippen LogP) is 11.3. The van der Waals surface area contributed by atoms with Crippen LogP contribution in [0.15, 0.2) is 128 Å². The van der Waals surface area contributed by atoms with E-state index in [0.29, 0.717) is 11.6 Å². The monoisotopic (exact) mass is 1360 g/mol. The van der Waals surface area contributed by atoms with Crippen molar-refractivity contribution in [2.75, 3.05) is 14.2 Å². The van der Waals surface area contributed by atoms with Crippen LogP contribution in [0.1, 0.15) is 166 Å². The molecule has 0 spiro atoms. The Labute approximate surface area is 558 Å². The van der Waals surface area contributed by atoms with Gasteiger partial charge in [0.05, 0.1) is 20.3 Å². The normalized spacial score (nSPS) is 12.9. The number of carbonyl (C=O) groups excluding carboxylic acids is 5. The van der Waals surface area contributed by atoms with Crippen molar-refractivity contribution in [3.05, 3.63) is 121 Å². The van der Waals surface area contributed by atoms with E-state index in [1.807, 2.05) is 55.4 Å². The number of nitrogens with zero attached hydrogens (tertiary/aromatic N) is 12. The van der Waals surface area contributed by atoms with Crippen molar-refractivity contribution in [2.45, 2.75) is 106 Å². The van der Waals surface area contributed by atoms with Crippen molar-refractivity contribution in [3.8, 4) is 92.7 Å². The number of amides is 3. The zero-order valence-electron chi connectivity index (χ0n) is 55.2. The van der Waals surface area contributed by atoms with E-state index in [-0.39, 0.29) is 157 Å². The van der Waals surface area contributed by atoms with E-state index in [9.17, 15) is 24.0 Å². The smallest absolute Gasteiger partial charge is 0.408 e. The third-order valence-electron chi connectivity index (χ3n) is 14.2. The number of hydrogen-bond acceptors (Lipinski definition) is 33. The SMILES string of the molecule is COC(=O)c1coc(-c2coc(-c3coc(C(NC(=O)c4coc(-c5coc(-c6coc(C(N)C(C)C)n6)n5)n4)C(C)C)n3)n2)n1.COC(=O)c1coc(-c2coc(-c3coc(C(NC(=O)c4coc(-c5coc(-c6coc(C(NC(=O)OC(C)(C)C)C(C)C)n6)n5)n4)C(C)C)n3)n2)n1. The minimum Gasteiger partial charge on any atom is -0.464 e. The molecule has 0 bridgehead atoms. The van der Waals surface area contributed by atoms with E-state index in [1.165, 1.54) is 76.9 Å². The van der Waals surface area contributed by atoms with Crippen LogP contribution in [0.25, 0.3) is 92.7 Å². The zero-order chi connectivity index (χ0) is 70.6. The number of esters is 2. The maximum Gasteiger partial charge on any atom is 0.408 e. The van der Waals surface area contributed by atoms with Crippen LogP contribution in [-0.4, -0.2) is 109 Å². The summed E-state index contributed by atoms with van der Waals surface area (Å²) in [6, 6.07) is -2.29. The maximum atomic E-state index is 13.3. The zero-order valence-corrected chi connectivity index (χ0v) is 55.2. The topological polar surface area (TPSA) is 488 Å². The first-order valence-corrected chi connectivity index (χ1v) is 30.3. The molecule has 0 aliphatic carbocycles. The first kappa shape index (κ1) is 68.0. The van der Waals surface area contributed by atoms with Crippen LogP contribution in [0.4, 0.5) is 4.79 Å². The second-order valence-electron chi connectivity index (χ2n) is 24.1. The number of oxazole rings is 12. The molecule has 0 fully saturated rings. The van der Waals surface area contributed by atoms with Crippen LogP contribution in [-0.2, 0) is 14.2 Å². The number of rotatable bonds is 23. The molecule has 12 aromatic rings. The van der Waals surface area contributed by atoms with Gasteiger partial charge in [-0.1, -0.05) is 55.4 Å². The number of methoxy groups -OCH3 is 2. The van der Waals surface area contributed by atoms with Crippen molar-refractivity contribution in [1.29, 1.82) is 0 Å². The quantitative estimate of drug-likeness (QED) is 0.0341. The van der Waals surface area contributed by atoms with Crippen LogP contribution < -0.4 is 21.7 Å². The van der Waals surface area contributed by atoms with Gasteiger partial charge in [0, 0.05) is 0 Å². The highest BCUT2D eigenvalue weighted by Crippen LogP contribution is 2.34. The van der Waals surface area contributed by atoms with Crippen LogP contribution >= 0.6 is 0 Å². The highest BCUT2D eigenvalue weighted by Gasteiger charge is 2.32. The molecule has 36 heteroatoms. The highest BCUT2D eigenvalue weighted by atomic mass is 16.6. The van der Waals surface area contributed by atoms with Crippen molar-refractivity contribution in [1.82, 2.24) is 75.8 Å². The van der Waals surface area contributed by atoms with E-state index >= 15 is 0 Å². The molecule has 3 amide bonds. The van der Waals surface area contributed by atoms with Gasteiger partial charge in [0.15, 0.2) is 68.3 Å². The summed E-state index contributed by atoms with van der Waals surface area (Å²) >= 11 is 0. The Morgan fingerprint density at radius 3 is 0.899 bits per heavy atom. The van der Waals surface area contributed by atoms with E-state index in [2.05, 4.69) is 85.2 Å². The number of nitrogens with two attached hydrogens (primary N) is 1. The summed E-state index contributed by atoms with van der Waals surface area (Å²) in [5.74, 6) is -1.03. The van der Waals surface area contributed by atoms with Gasteiger partial charge in [0.1, 0.15) is 98.9 Å². The van der Waals surface area contributed by atoms with Gasteiger partial charge in [-0.05, 0) is 44.4 Å². The lowest BCUT2D eigenvalue weighted by Crippen LogP contribution is -2.37. The first-order valence-electron chi connectivity index (χ1n) is 30.3. The Balaban J connectivity index is 0.000000202. The lowest BCUT2D eigenvalue weighted by molar-refractivity contribution is 0.0477. The van der Waals surface area contributed by atoms with Crippen molar-refractivity contribution in [3.63, 3.8) is 0 Å². The molecule has 0 aromatic carbocycles. The van der Waals surface area contributed by atoms with Gasteiger partial charge in [-0.15, -0.1) is 0 Å². The number of ether oxygens (including phenoxy) is 3. The Kier molecular flexibility index (Phi) is 19.6. The lowest BCUT2D eigenvalue weighted by atomic mass is 10.0. The fourth-order valence-corrected chi connectivity index (χ4v) is 8.94. The number of alkyl carbamates (subject to hydrolysis) is 1. The molecule has 0 aliphatic heterocycles. The molecule has 0 aliphatic rings. The Hall–Kier alpha value is -12.4. The van der Waals surface area contributed by atoms with Gasteiger partial charge in [-0.3, -0.25) is 9.59 Å². The number of carbonyl (C=O) groups is 5. The molecule has 4 unspecified atom stereocenters. The van der Waals surface area contributed by atoms with E-state index in [4.69, 9.17) is 63.5 Å². The molecule has 0 saturated carbocycles. The van der Waals surface area contributed by atoms with Crippen molar-refractivity contribution < 1.29 is 91.2 Å². The van der Waals surface area contributed by atoms with Crippen molar-refractivity contribution >= 4 is 29.8 Å². The van der Waals surface area contributed by atoms with Crippen LogP contribution in [0.2, 0.25) is 0 Å². The summed E-state index contributed by atoms with van der Waals surface area (Å²) in [6.07, 6.45) is 14.7. The summed E-state index contributed by atoms with van der Waals surface area (Å²) in [6.45, 7) is 20.5. The largest absolute Gasteiger partial charge is 0.464 e. The number of hydrogen-bond donors (Lipinski definition) is 4. The molecular formula is C63H64N16O20. The summed E-state index contributed by atoms with van der Waals surface area (Å²) < 4.78 is 81.0. The van der Waals surface area contributed by atoms with Gasteiger partial charge >= 0.3 is 18.0 Å². The second-order valence-corrected chi connectivity index (χ2v) is 24.1. The van der Waals surface area contributed by atoms with Gasteiger partial charge in [0.25, 0.3) is 11.8 Å². The van der Waals surface area contributed by atoms with Crippen LogP contribution in [0.5, 0.6) is 0 Å². The minimum atomic E-state index is -0.681. The van der Waals surface area contributed by atoms with Gasteiger partial charge in [-0.2, -0.15) is 0 Å². The van der Waals surface area contributed by atoms with Crippen LogP contribution in [0, 0.1) is 23.7 Å². The maximum absolute atomic E-state index is 13.3. The standard InChI is InChI=1S/C34H36N8O11.C29H28N8O9/c1-15(2)23(30-38-20(12-51-30)27-37-19(11-49-27)29-40-22(14-50-29)32(44)46-8)41-25(43)17-9-47-26(35-17)18-10-48-28(36-18)21-13-52-31(39-21)24(16(3)4)42-33(45)53-34(5,6)7;1-12(2)20(30)27-34-17(9-45-27)24-32-15(7-42-24)23-31-14(6-41-23)22(38)37-21(13(3)4)28-35-18(10-46-28)25-33-16(8-43-25)26-36-19(11-44-26)29(39)40-5/h9-16,23-24H,1-8H3,(H,41,43)(H,42,45);6-13,20-21H,30H2,1-5H3,(H,37,38).